The van der Waals surface area contributed by atoms with Crippen molar-refractivity contribution in [2.75, 3.05) is 32.8 Å². The van der Waals surface area contributed by atoms with E-state index in [0.717, 1.165) is 6.54 Å². The second-order valence-electron chi connectivity index (χ2n) is 4.41. The first-order valence-corrected chi connectivity index (χ1v) is 7.20. The number of aliphatic imine (C=N–C) groups is 1. The minimum Gasteiger partial charge on any atom is -0.386 e. The molecule has 0 heterocycles. The van der Waals surface area contributed by atoms with Crippen molar-refractivity contribution in [3.8, 4) is 0 Å². The van der Waals surface area contributed by atoms with Gasteiger partial charge in [0, 0.05) is 19.7 Å². The van der Waals surface area contributed by atoms with Crippen molar-refractivity contribution in [3.05, 3.63) is 35.6 Å². The molecule has 0 fully saturated rings. The number of nitrogens with one attached hydrogen (secondary N) is 2. The molecule has 3 N–H and O–H groups in total. The lowest BCUT2D eigenvalue weighted by atomic mass is 10.1. The van der Waals surface area contributed by atoms with Crippen LogP contribution in [0.3, 0.4) is 0 Å². The number of nitrogens with zero attached hydrogens (tertiary/aromatic N) is 1. The second kappa shape index (κ2) is 10.1. The van der Waals surface area contributed by atoms with Gasteiger partial charge in [-0.15, -0.1) is 0 Å². The van der Waals surface area contributed by atoms with Gasteiger partial charge in [-0.3, -0.25) is 4.99 Å². The summed E-state index contributed by atoms with van der Waals surface area (Å²) in [7, 11) is 0. The molecule has 118 valence electrons. The van der Waals surface area contributed by atoms with Crippen LogP contribution in [0.2, 0.25) is 0 Å². The molecule has 5 nitrogen and oxygen atoms in total. The van der Waals surface area contributed by atoms with Gasteiger partial charge in [-0.2, -0.15) is 0 Å². The molecule has 1 aromatic carbocycles. The maximum Gasteiger partial charge on any atom is 0.191 e. The van der Waals surface area contributed by atoms with Gasteiger partial charge in [0.15, 0.2) is 5.96 Å². The monoisotopic (exact) mass is 297 g/mol. The highest BCUT2D eigenvalue weighted by molar-refractivity contribution is 5.79. The molecule has 0 aromatic heterocycles. The highest BCUT2D eigenvalue weighted by Gasteiger charge is 2.07. The van der Waals surface area contributed by atoms with E-state index >= 15 is 0 Å². The molecule has 1 atom stereocenters. The summed E-state index contributed by atoms with van der Waals surface area (Å²) in [4.78, 5) is 4.30. The first kappa shape index (κ1) is 17.4. The molecule has 0 aliphatic rings. The Kier molecular flexibility index (Phi) is 8.38. The number of guanidine groups is 1. The first-order chi connectivity index (χ1) is 10.2. The van der Waals surface area contributed by atoms with Crippen LogP contribution < -0.4 is 10.6 Å². The van der Waals surface area contributed by atoms with E-state index in [2.05, 4.69) is 15.6 Å². The van der Waals surface area contributed by atoms with Gasteiger partial charge in [-0.05, 0) is 31.5 Å². The highest BCUT2D eigenvalue weighted by Crippen LogP contribution is 2.13. The molecule has 0 bridgehead atoms. The van der Waals surface area contributed by atoms with Gasteiger partial charge in [-0.25, -0.2) is 4.39 Å². The van der Waals surface area contributed by atoms with Crippen molar-refractivity contribution in [1.82, 2.24) is 10.6 Å². The van der Waals surface area contributed by atoms with E-state index in [9.17, 15) is 9.50 Å². The number of hydrogen-bond acceptors (Lipinski definition) is 3. The zero-order chi connectivity index (χ0) is 15.5. The van der Waals surface area contributed by atoms with Crippen LogP contribution in [0.25, 0.3) is 0 Å². The molecule has 0 saturated carbocycles. The van der Waals surface area contributed by atoms with E-state index in [1.807, 2.05) is 13.8 Å². The number of rotatable bonds is 8. The Balaban J connectivity index is 2.49. The van der Waals surface area contributed by atoms with Gasteiger partial charge in [-0.1, -0.05) is 12.1 Å². The molecule has 0 aliphatic carbocycles. The summed E-state index contributed by atoms with van der Waals surface area (Å²) < 4.78 is 18.1. The van der Waals surface area contributed by atoms with Gasteiger partial charge in [0.2, 0.25) is 0 Å². The van der Waals surface area contributed by atoms with E-state index < -0.39 is 6.10 Å². The summed E-state index contributed by atoms with van der Waals surface area (Å²) >= 11 is 0. The predicted octanol–water partition coefficient (Wildman–Crippen LogP) is 1.45. The van der Waals surface area contributed by atoms with Gasteiger partial charge in [0.25, 0.3) is 0 Å². The molecule has 0 amide bonds. The molecule has 0 radical (unpaired) electrons. The van der Waals surface area contributed by atoms with E-state index in [1.165, 1.54) is 12.1 Å². The SMILES string of the molecule is CCNC(=NCC(O)c1ccc(F)cc1)NCCOCC. The van der Waals surface area contributed by atoms with Crippen LogP contribution in [-0.2, 0) is 4.74 Å². The molecule has 1 unspecified atom stereocenters. The summed E-state index contributed by atoms with van der Waals surface area (Å²) in [6, 6.07) is 5.78. The normalized spacial score (nSPS) is 13.0. The Morgan fingerprint density at radius 2 is 2.00 bits per heavy atom. The van der Waals surface area contributed by atoms with E-state index in [-0.39, 0.29) is 12.4 Å². The Morgan fingerprint density at radius 3 is 2.62 bits per heavy atom. The molecular formula is C15H24FN3O2. The number of benzene rings is 1. The summed E-state index contributed by atoms with van der Waals surface area (Å²) in [6.45, 7) is 6.77. The summed E-state index contributed by atoms with van der Waals surface area (Å²) in [5.41, 5.74) is 0.644. The van der Waals surface area contributed by atoms with Crippen molar-refractivity contribution < 1.29 is 14.2 Å². The number of hydrogen-bond donors (Lipinski definition) is 3. The zero-order valence-electron chi connectivity index (χ0n) is 12.6. The topological polar surface area (TPSA) is 65.9 Å². The standard InChI is InChI=1S/C15H24FN3O2/c1-3-17-15(18-9-10-21-4-2)19-11-14(20)12-5-7-13(16)8-6-12/h5-8,14,20H,3-4,9-11H2,1-2H3,(H2,17,18,19). The van der Waals surface area contributed by atoms with Crippen molar-refractivity contribution in [3.63, 3.8) is 0 Å². The highest BCUT2D eigenvalue weighted by atomic mass is 19.1. The molecule has 1 aromatic rings. The lowest BCUT2D eigenvalue weighted by Gasteiger charge is -2.13. The third-order valence-electron chi connectivity index (χ3n) is 2.76. The summed E-state index contributed by atoms with van der Waals surface area (Å²) in [6.07, 6.45) is -0.757. The molecule has 6 heteroatoms. The average Bonchev–Trinajstić information content (AvgIpc) is 2.49. The zero-order valence-corrected chi connectivity index (χ0v) is 12.6. The second-order valence-corrected chi connectivity index (χ2v) is 4.41. The Morgan fingerprint density at radius 1 is 1.29 bits per heavy atom. The number of aliphatic hydroxyl groups is 1. The lowest BCUT2D eigenvalue weighted by Crippen LogP contribution is -2.39. The van der Waals surface area contributed by atoms with Crippen molar-refractivity contribution in [2.24, 2.45) is 4.99 Å². The van der Waals surface area contributed by atoms with Crippen molar-refractivity contribution in [2.45, 2.75) is 20.0 Å². The van der Waals surface area contributed by atoms with Gasteiger partial charge >= 0.3 is 0 Å². The minimum absolute atomic E-state index is 0.204. The van der Waals surface area contributed by atoms with Crippen molar-refractivity contribution >= 4 is 5.96 Å². The van der Waals surface area contributed by atoms with Gasteiger partial charge < -0.3 is 20.5 Å². The van der Waals surface area contributed by atoms with Crippen LogP contribution in [0.5, 0.6) is 0 Å². The van der Waals surface area contributed by atoms with Crippen LogP contribution in [-0.4, -0.2) is 43.9 Å². The van der Waals surface area contributed by atoms with E-state index in [4.69, 9.17) is 4.74 Å². The number of aliphatic hydroxyl groups excluding tert-OH is 1. The van der Waals surface area contributed by atoms with Crippen molar-refractivity contribution in [1.29, 1.82) is 0 Å². The fourth-order valence-electron chi connectivity index (χ4n) is 1.70. The summed E-state index contributed by atoms with van der Waals surface area (Å²) in [5.74, 6) is 0.304. The van der Waals surface area contributed by atoms with Crippen LogP contribution in [0.4, 0.5) is 4.39 Å². The maximum absolute atomic E-state index is 12.8. The number of halogens is 1. The van der Waals surface area contributed by atoms with Gasteiger partial charge in [0.1, 0.15) is 5.82 Å². The number of ether oxygens (including phenoxy) is 1. The van der Waals surface area contributed by atoms with Crippen LogP contribution >= 0.6 is 0 Å². The van der Waals surface area contributed by atoms with Crippen LogP contribution in [0.1, 0.15) is 25.5 Å². The Labute approximate surface area is 125 Å². The third kappa shape index (κ3) is 7.06. The minimum atomic E-state index is -0.757. The molecule has 0 aliphatic heterocycles. The third-order valence-corrected chi connectivity index (χ3v) is 2.76. The molecular weight excluding hydrogens is 273 g/mol. The summed E-state index contributed by atoms with van der Waals surface area (Å²) in [5, 5.41) is 16.2. The fraction of sp³-hybridized carbons (Fsp3) is 0.533. The van der Waals surface area contributed by atoms with E-state index in [1.54, 1.807) is 12.1 Å². The average molecular weight is 297 g/mol. The Hall–Kier alpha value is -1.66. The van der Waals surface area contributed by atoms with Crippen LogP contribution in [0.15, 0.2) is 29.3 Å². The fourth-order valence-corrected chi connectivity index (χ4v) is 1.70. The lowest BCUT2D eigenvalue weighted by molar-refractivity contribution is 0.152. The van der Waals surface area contributed by atoms with E-state index in [0.29, 0.717) is 31.3 Å². The molecule has 0 saturated heterocycles. The molecule has 1 rings (SSSR count). The molecule has 0 spiro atoms. The largest absolute Gasteiger partial charge is 0.386 e. The molecule has 21 heavy (non-hydrogen) atoms. The van der Waals surface area contributed by atoms with Crippen LogP contribution in [0, 0.1) is 5.82 Å². The predicted molar refractivity (Wildman–Crippen MR) is 81.8 cm³/mol. The first-order valence-electron chi connectivity index (χ1n) is 7.20. The maximum atomic E-state index is 12.8. The quantitative estimate of drug-likeness (QED) is 0.386. The van der Waals surface area contributed by atoms with Gasteiger partial charge in [0.05, 0.1) is 19.3 Å². The smallest absolute Gasteiger partial charge is 0.191 e. The Bertz CT molecular complexity index is 423.